The first-order valence-corrected chi connectivity index (χ1v) is 14.6. The Morgan fingerprint density at radius 1 is 1.02 bits per heavy atom. The van der Waals surface area contributed by atoms with Crippen LogP contribution in [0.3, 0.4) is 0 Å². The molecule has 0 bridgehead atoms. The Labute approximate surface area is 240 Å². The summed E-state index contributed by atoms with van der Waals surface area (Å²) in [5.74, 6) is -1.34. The van der Waals surface area contributed by atoms with Crippen molar-refractivity contribution in [1.29, 1.82) is 0 Å². The van der Waals surface area contributed by atoms with Gasteiger partial charge in [0, 0.05) is 13.1 Å². The molecule has 0 radical (unpaired) electrons. The number of ether oxygens (including phenoxy) is 2. The molecule has 0 saturated carbocycles. The molecule has 9 nitrogen and oxygen atoms in total. The van der Waals surface area contributed by atoms with Gasteiger partial charge in [-0.25, -0.2) is 4.79 Å². The number of carbonyl (C=O) groups is 4. The average Bonchev–Trinajstić information content (AvgIpc) is 2.87. The molecule has 3 amide bonds. The predicted molar refractivity (Wildman–Crippen MR) is 157 cm³/mol. The van der Waals surface area contributed by atoms with E-state index in [0.29, 0.717) is 24.9 Å². The van der Waals surface area contributed by atoms with Crippen LogP contribution >= 0.6 is 0 Å². The summed E-state index contributed by atoms with van der Waals surface area (Å²) in [7, 11) is 0. The zero-order valence-electron chi connectivity index (χ0n) is 26.0. The number of nitrogens with one attached hydrogen (secondary N) is 2. The fraction of sp³-hybridized carbons (Fsp3) is 0.677. The van der Waals surface area contributed by atoms with Gasteiger partial charge in [0.25, 0.3) is 0 Å². The number of aryl methyl sites for hydroxylation is 1. The predicted octanol–water partition coefficient (Wildman–Crippen LogP) is 5.37. The third kappa shape index (κ3) is 11.2. The van der Waals surface area contributed by atoms with Gasteiger partial charge in [0.2, 0.25) is 11.8 Å². The second-order valence-electron chi connectivity index (χ2n) is 11.3. The Morgan fingerprint density at radius 3 is 2.27 bits per heavy atom. The van der Waals surface area contributed by atoms with Crippen LogP contribution in [-0.2, 0) is 23.9 Å². The van der Waals surface area contributed by atoms with Gasteiger partial charge in [-0.3, -0.25) is 14.4 Å². The summed E-state index contributed by atoms with van der Waals surface area (Å²) in [6.45, 7) is 17.5. The third-order valence-electron chi connectivity index (χ3n) is 6.87. The van der Waals surface area contributed by atoms with E-state index in [1.165, 1.54) is 0 Å². The number of nitrogens with zero attached hydrogens (tertiary/aromatic N) is 1. The highest BCUT2D eigenvalue weighted by Gasteiger charge is 2.38. The molecular weight excluding hydrogens is 510 g/mol. The van der Waals surface area contributed by atoms with Crippen molar-refractivity contribution in [2.45, 2.75) is 112 Å². The molecule has 2 N–H and O–H groups in total. The van der Waals surface area contributed by atoms with E-state index in [1.807, 2.05) is 45.9 Å². The van der Waals surface area contributed by atoms with E-state index in [2.05, 4.69) is 17.6 Å². The van der Waals surface area contributed by atoms with Gasteiger partial charge in [0.1, 0.15) is 17.7 Å². The molecule has 226 valence electrons. The van der Waals surface area contributed by atoms with Crippen molar-refractivity contribution in [1.82, 2.24) is 15.5 Å². The standard InChI is InChI=1S/C31H51N3O6/c1-10-13-14-20-34(29(37)26(21(4)11-2)33-30(38)40-31(7,8)9)27(24-17-15-16-22(5)23(24)6)28(36)32-19-18-25(35)39-12-3/h15-17,21,26-27H,10-14,18-20H2,1-9H3,(H,32,36)(H,33,38). The van der Waals surface area contributed by atoms with E-state index in [-0.39, 0.29) is 37.3 Å². The van der Waals surface area contributed by atoms with Crippen molar-refractivity contribution >= 4 is 23.9 Å². The molecule has 3 atom stereocenters. The first-order chi connectivity index (χ1) is 18.8. The second kappa shape index (κ2) is 16.9. The Balaban J connectivity index is 3.54. The Morgan fingerprint density at radius 2 is 1.70 bits per heavy atom. The third-order valence-corrected chi connectivity index (χ3v) is 6.87. The molecule has 0 aliphatic rings. The maximum Gasteiger partial charge on any atom is 0.408 e. The molecule has 9 heteroatoms. The van der Waals surface area contributed by atoms with E-state index in [9.17, 15) is 19.2 Å². The number of rotatable bonds is 15. The number of esters is 1. The Bertz CT molecular complexity index is 988. The number of hydrogen-bond donors (Lipinski definition) is 2. The molecule has 1 aromatic rings. The highest BCUT2D eigenvalue weighted by Crippen LogP contribution is 2.29. The number of unbranched alkanes of at least 4 members (excludes halogenated alkanes) is 2. The zero-order chi connectivity index (χ0) is 30.5. The quantitative estimate of drug-likeness (QED) is 0.220. The minimum absolute atomic E-state index is 0.0264. The second-order valence-corrected chi connectivity index (χ2v) is 11.3. The summed E-state index contributed by atoms with van der Waals surface area (Å²) in [6.07, 6.45) is 2.49. The van der Waals surface area contributed by atoms with Crippen molar-refractivity contribution in [3.05, 3.63) is 34.9 Å². The summed E-state index contributed by atoms with van der Waals surface area (Å²) < 4.78 is 10.5. The summed E-state index contributed by atoms with van der Waals surface area (Å²) in [6, 6.07) is 3.86. The summed E-state index contributed by atoms with van der Waals surface area (Å²) in [5.41, 5.74) is 1.88. The van der Waals surface area contributed by atoms with E-state index in [1.54, 1.807) is 32.6 Å². The summed E-state index contributed by atoms with van der Waals surface area (Å²) in [4.78, 5) is 54.4. The van der Waals surface area contributed by atoms with Crippen LogP contribution in [0.4, 0.5) is 4.79 Å². The molecule has 0 spiro atoms. The zero-order valence-corrected chi connectivity index (χ0v) is 26.0. The van der Waals surface area contributed by atoms with Crippen LogP contribution in [0.2, 0.25) is 0 Å². The SMILES string of the molecule is CCCCCN(C(=O)C(NC(=O)OC(C)(C)C)C(C)CC)C(C(=O)NCCC(=O)OCC)c1cccc(C)c1C. The average molecular weight is 562 g/mol. The number of amides is 3. The summed E-state index contributed by atoms with van der Waals surface area (Å²) in [5, 5.41) is 5.64. The van der Waals surface area contributed by atoms with Crippen LogP contribution in [0.15, 0.2) is 18.2 Å². The molecule has 0 aliphatic heterocycles. The molecule has 0 fully saturated rings. The van der Waals surface area contributed by atoms with Crippen molar-refractivity contribution in [2.75, 3.05) is 19.7 Å². The van der Waals surface area contributed by atoms with Crippen molar-refractivity contribution in [2.24, 2.45) is 5.92 Å². The highest BCUT2D eigenvalue weighted by atomic mass is 16.6. The van der Waals surface area contributed by atoms with Crippen molar-refractivity contribution in [3.8, 4) is 0 Å². The van der Waals surface area contributed by atoms with Gasteiger partial charge >= 0.3 is 12.1 Å². The van der Waals surface area contributed by atoms with Gasteiger partial charge in [-0.1, -0.05) is 58.2 Å². The fourth-order valence-electron chi connectivity index (χ4n) is 4.33. The number of benzene rings is 1. The van der Waals surface area contributed by atoms with Gasteiger partial charge < -0.3 is 25.0 Å². The minimum Gasteiger partial charge on any atom is -0.466 e. The van der Waals surface area contributed by atoms with E-state index < -0.39 is 29.7 Å². The lowest BCUT2D eigenvalue weighted by Crippen LogP contribution is -2.55. The molecule has 0 heterocycles. The lowest BCUT2D eigenvalue weighted by Gasteiger charge is -2.36. The molecule has 40 heavy (non-hydrogen) atoms. The molecule has 1 aromatic carbocycles. The Hall–Kier alpha value is -3.10. The van der Waals surface area contributed by atoms with Crippen LogP contribution in [0, 0.1) is 19.8 Å². The van der Waals surface area contributed by atoms with Crippen molar-refractivity contribution in [3.63, 3.8) is 0 Å². The van der Waals surface area contributed by atoms with Gasteiger partial charge in [-0.2, -0.15) is 0 Å². The van der Waals surface area contributed by atoms with E-state index in [0.717, 1.165) is 24.0 Å². The molecule has 0 aliphatic carbocycles. The fourth-order valence-corrected chi connectivity index (χ4v) is 4.33. The first-order valence-electron chi connectivity index (χ1n) is 14.6. The topological polar surface area (TPSA) is 114 Å². The van der Waals surface area contributed by atoms with Gasteiger partial charge in [-0.15, -0.1) is 0 Å². The number of hydrogen-bond acceptors (Lipinski definition) is 6. The lowest BCUT2D eigenvalue weighted by atomic mass is 9.92. The van der Waals surface area contributed by atoms with Crippen LogP contribution in [-0.4, -0.2) is 60.1 Å². The van der Waals surface area contributed by atoms with Crippen molar-refractivity contribution < 1.29 is 28.7 Å². The molecule has 3 unspecified atom stereocenters. The molecule has 0 aromatic heterocycles. The van der Waals surface area contributed by atoms with E-state index in [4.69, 9.17) is 9.47 Å². The summed E-state index contributed by atoms with van der Waals surface area (Å²) >= 11 is 0. The maximum absolute atomic E-state index is 14.3. The molecular formula is C31H51N3O6. The smallest absolute Gasteiger partial charge is 0.408 e. The van der Waals surface area contributed by atoms with E-state index >= 15 is 0 Å². The van der Waals surface area contributed by atoms with Crippen LogP contribution in [0.5, 0.6) is 0 Å². The Kier molecular flexibility index (Phi) is 14.7. The largest absolute Gasteiger partial charge is 0.466 e. The van der Waals surface area contributed by atoms with Gasteiger partial charge in [0.15, 0.2) is 0 Å². The highest BCUT2D eigenvalue weighted by molar-refractivity contribution is 5.92. The normalized spacial score (nSPS) is 13.5. The maximum atomic E-state index is 14.3. The lowest BCUT2D eigenvalue weighted by molar-refractivity contribution is -0.145. The number of alkyl carbamates (subject to hydrolysis) is 1. The van der Waals surface area contributed by atoms with Crippen LogP contribution < -0.4 is 10.6 Å². The molecule has 0 saturated heterocycles. The molecule has 1 rings (SSSR count). The monoisotopic (exact) mass is 561 g/mol. The first kappa shape index (κ1) is 34.9. The van der Waals surface area contributed by atoms with Crippen LogP contribution in [0.1, 0.15) is 103 Å². The number of carbonyl (C=O) groups excluding carboxylic acids is 4. The van der Waals surface area contributed by atoms with Crippen LogP contribution in [0.25, 0.3) is 0 Å². The minimum atomic E-state index is -0.946. The van der Waals surface area contributed by atoms with Gasteiger partial charge in [0.05, 0.1) is 13.0 Å². The van der Waals surface area contributed by atoms with Gasteiger partial charge in [-0.05, 0) is 70.6 Å².